The molecule has 4 nitrogen and oxygen atoms in total. The molecule has 0 atom stereocenters. The normalized spacial score (nSPS) is 13.1. The highest BCUT2D eigenvalue weighted by Crippen LogP contribution is 2.27. The molecule has 0 aliphatic carbocycles. The molecule has 130 valence electrons. The van der Waals surface area contributed by atoms with Crippen molar-refractivity contribution in [1.29, 1.82) is 5.26 Å². The van der Waals surface area contributed by atoms with E-state index in [9.17, 15) is 10.1 Å². The van der Waals surface area contributed by atoms with Crippen molar-refractivity contribution >= 4 is 28.4 Å². The molecule has 1 aliphatic rings. The summed E-state index contributed by atoms with van der Waals surface area (Å²) in [6.45, 7) is 0.323. The van der Waals surface area contributed by atoms with Gasteiger partial charge in [0.15, 0.2) is 0 Å². The predicted octanol–water partition coefficient (Wildman–Crippen LogP) is 4.70. The van der Waals surface area contributed by atoms with Crippen LogP contribution in [0.3, 0.4) is 0 Å². The highest BCUT2D eigenvalue weighted by molar-refractivity contribution is 6.11. The Labute approximate surface area is 157 Å². The molecule has 0 bridgehead atoms. The molecule has 0 aromatic heterocycles. The summed E-state index contributed by atoms with van der Waals surface area (Å²) in [7, 11) is 0. The third kappa shape index (κ3) is 3.44. The largest absolute Gasteiger partial charge is 0.488 e. The fourth-order valence-corrected chi connectivity index (χ4v) is 3.08. The van der Waals surface area contributed by atoms with Crippen molar-refractivity contribution < 1.29 is 9.53 Å². The van der Waals surface area contributed by atoms with Crippen molar-refractivity contribution in [1.82, 2.24) is 0 Å². The van der Waals surface area contributed by atoms with Crippen LogP contribution < -0.4 is 10.1 Å². The third-order valence-electron chi connectivity index (χ3n) is 4.39. The van der Waals surface area contributed by atoms with Crippen LogP contribution >= 0.6 is 0 Å². The predicted molar refractivity (Wildman–Crippen MR) is 106 cm³/mol. The Hall–Kier alpha value is -3.84. The first kappa shape index (κ1) is 16.6. The summed E-state index contributed by atoms with van der Waals surface area (Å²) in [4.78, 5) is 12.6. The van der Waals surface area contributed by atoms with Crippen molar-refractivity contribution in [3.8, 4) is 11.8 Å². The van der Waals surface area contributed by atoms with Crippen molar-refractivity contribution in [2.45, 2.75) is 0 Å². The molecule has 1 aliphatic heterocycles. The van der Waals surface area contributed by atoms with Crippen LogP contribution in [-0.4, -0.2) is 12.5 Å². The van der Waals surface area contributed by atoms with Crippen molar-refractivity contribution in [2.75, 3.05) is 11.9 Å². The molecule has 0 fully saturated rings. The number of nitrogens with zero attached hydrogens (tertiary/aromatic N) is 1. The maximum atomic E-state index is 12.6. The number of rotatable bonds is 3. The van der Waals surface area contributed by atoms with Crippen molar-refractivity contribution in [3.63, 3.8) is 0 Å². The Morgan fingerprint density at radius 1 is 1.04 bits per heavy atom. The van der Waals surface area contributed by atoms with Crippen LogP contribution in [0.4, 0.5) is 5.69 Å². The van der Waals surface area contributed by atoms with Gasteiger partial charge in [0.2, 0.25) is 0 Å². The zero-order valence-electron chi connectivity index (χ0n) is 14.5. The summed E-state index contributed by atoms with van der Waals surface area (Å²) in [5, 5.41) is 14.3. The zero-order valence-corrected chi connectivity index (χ0v) is 14.5. The smallest absolute Gasteiger partial charge is 0.266 e. The Kier molecular flexibility index (Phi) is 4.42. The van der Waals surface area contributed by atoms with Gasteiger partial charge in [-0.25, -0.2) is 0 Å². The molecule has 3 aromatic carbocycles. The Morgan fingerprint density at radius 3 is 2.70 bits per heavy atom. The highest BCUT2D eigenvalue weighted by atomic mass is 16.5. The maximum absolute atomic E-state index is 12.6. The average Bonchev–Trinajstić information content (AvgIpc) is 2.72. The van der Waals surface area contributed by atoms with Gasteiger partial charge < -0.3 is 10.1 Å². The summed E-state index contributed by atoms with van der Waals surface area (Å²) >= 11 is 0. The lowest BCUT2D eigenvalue weighted by atomic mass is 10.0. The number of carbonyl (C=O) groups is 1. The molecule has 0 spiro atoms. The van der Waals surface area contributed by atoms with E-state index in [2.05, 4.69) is 5.32 Å². The summed E-state index contributed by atoms with van der Waals surface area (Å²) in [5.41, 5.74) is 2.43. The number of ether oxygens (including phenoxy) is 1. The van der Waals surface area contributed by atoms with E-state index >= 15 is 0 Å². The number of hydrogen-bond acceptors (Lipinski definition) is 3. The van der Waals surface area contributed by atoms with E-state index < -0.39 is 5.91 Å². The molecule has 4 heteroatoms. The molecule has 0 radical (unpaired) electrons. The summed E-state index contributed by atoms with van der Waals surface area (Å²) in [6.07, 6.45) is 3.51. The van der Waals surface area contributed by atoms with Crippen molar-refractivity contribution in [3.05, 3.63) is 89.5 Å². The van der Waals surface area contributed by atoms with E-state index in [4.69, 9.17) is 4.74 Å². The quantitative estimate of drug-likeness (QED) is 0.549. The van der Waals surface area contributed by atoms with Crippen LogP contribution in [0.25, 0.3) is 16.8 Å². The number of amides is 1. The van der Waals surface area contributed by atoms with Gasteiger partial charge in [0.25, 0.3) is 5.91 Å². The third-order valence-corrected chi connectivity index (χ3v) is 4.39. The number of carbonyl (C=O) groups excluding carboxylic acids is 1. The van der Waals surface area contributed by atoms with Crippen LogP contribution in [0.15, 0.2) is 84.0 Å². The lowest BCUT2D eigenvalue weighted by Gasteiger charge is -2.16. The number of fused-ring (bicyclic) bond motifs is 2. The SMILES string of the molecule is N#C/C(=C/C1=Cc2ccccc2OC1)C(=O)Nc1cccc2ccccc12. The van der Waals surface area contributed by atoms with Gasteiger partial charge in [-0.15, -0.1) is 0 Å². The fourth-order valence-electron chi connectivity index (χ4n) is 3.08. The Bertz CT molecular complexity index is 1130. The number of para-hydroxylation sites is 1. The molecule has 1 heterocycles. The van der Waals surface area contributed by atoms with Crippen LogP contribution in [0.5, 0.6) is 5.75 Å². The van der Waals surface area contributed by atoms with Gasteiger partial charge in [-0.3, -0.25) is 4.79 Å². The first-order chi connectivity index (χ1) is 13.2. The van der Waals surface area contributed by atoms with E-state index in [0.717, 1.165) is 27.7 Å². The minimum absolute atomic E-state index is 0.0390. The minimum Gasteiger partial charge on any atom is -0.488 e. The fraction of sp³-hybridized carbons (Fsp3) is 0.0435. The second kappa shape index (κ2) is 7.19. The van der Waals surface area contributed by atoms with E-state index in [1.807, 2.05) is 78.9 Å². The minimum atomic E-state index is -0.436. The van der Waals surface area contributed by atoms with E-state index in [-0.39, 0.29) is 5.57 Å². The molecule has 3 aromatic rings. The van der Waals surface area contributed by atoms with Crippen LogP contribution in [0.2, 0.25) is 0 Å². The summed E-state index contributed by atoms with van der Waals surface area (Å²) in [5.74, 6) is 0.363. The molecule has 4 rings (SSSR count). The molecular formula is C23H16N2O2. The number of nitriles is 1. The first-order valence-corrected chi connectivity index (χ1v) is 8.58. The van der Waals surface area contributed by atoms with Crippen LogP contribution in [0, 0.1) is 11.3 Å². The molecular weight excluding hydrogens is 336 g/mol. The van der Waals surface area contributed by atoms with Gasteiger partial charge >= 0.3 is 0 Å². The Morgan fingerprint density at radius 2 is 1.81 bits per heavy atom. The maximum Gasteiger partial charge on any atom is 0.266 e. The number of anilines is 1. The second-order valence-electron chi connectivity index (χ2n) is 6.20. The number of nitrogens with one attached hydrogen (secondary N) is 1. The molecule has 0 saturated heterocycles. The summed E-state index contributed by atoms with van der Waals surface area (Å²) in [6, 6.07) is 23.1. The average molecular weight is 352 g/mol. The van der Waals surface area contributed by atoms with Gasteiger partial charge in [-0.05, 0) is 35.2 Å². The van der Waals surface area contributed by atoms with Gasteiger partial charge in [0.1, 0.15) is 24.0 Å². The summed E-state index contributed by atoms with van der Waals surface area (Å²) < 4.78 is 5.68. The van der Waals surface area contributed by atoms with E-state index in [0.29, 0.717) is 12.3 Å². The molecule has 27 heavy (non-hydrogen) atoms. The van der Waals surface area contributed by atoms with E-state index in [1.54, 1.807) is 6.08 Å². The van der Waals surface area contributed by atoms with Gasteiger partial charge in [0.05, 0.1) is 0 Å². The van der Waals surface area contributed by atoms with Gasteiger partial charge in [-0.2, -0.15) is 5.26 Å². The van der Waals surface area contributed by atoms with Crippen LogP contribution in [0.1, 0.15) is 5.56 Å². The van der Waals surface area contributed by atoms with E-state index in [1.165, 1.54) is 0 Å². The molecule has 0 saturated carbocycles. The number of benzene rings is 3. The topological polar surface area (TPSA) is 62.1 Å². The van der Waals surface area contributed by atoms with Gasteiger partial charge in [-0.1, -0.05) is 54.6 Å². The highest BCUT2D eigenvalue weighted by Gasteiger charge is 2.14. The monoisotopic (exact) mass is 352 g/mol. The number of hydrogen-bond donors (Lipinski definition) is 1. The molecule has 1 N–H and O–H groups in total. The lowest BCUT2D eigenvalue weighted by Crippen LogP contribution is -2.15. The molecule has 0 unspecified atom stereocenters. The standard InChI is InChI=1S/C23H16N2O2/c24-14-19(13-16-12-18-7-2-4-11-22(18)27-15-16)23(26)25-21-10-5-8-17-6-1-3-9-20(17)21/h1-13H,15H2,(H,25,26)/b19-13-. The van der Waals surface area contributed by atoms with Crippen molar-refractivity contribution in [2.24, 2.45) is 0 Å². The molecule has 1 amide bonds. The lowest BCUT2D eigenvalue weighted by molar-refractivity contribution is -0.112. The zero-order chi connectivity index (χ0) is 18.6. The Balaban J connectivity index is 1.61. The van der Waals surface area contributed by atoms with Crippen LogP contribution in [-0.2, 0) is 4.79 Å². The second-order valence-corrected chi connectivity index (χ2v) is 6.20. The first-order valence-electron chi connectivity index (χ1n) is 8.58. The van der Waals surface area contributed by atoms with Gasteiger partial charge in [0, 0.05) is 16.6 Å².